The number of aromatic carboxylic acids is 6. The van der Waals surface area contributed by atoms with Gasteiger partial charge in [-0.2, -0.15) is 0 Å². The van der Waals surface area contributed by atoms with Gasteiger partial charge in [0.15, 0.2) is 0 Å². The molecule has 0 unspecified atom stereocenters. The van der Waals surface area contributed by atoms with E-state index < -0.39 is 65.4 Å². The monoisotopic (exact) mass is 1790 g/mol. The fourth-order valence-electron chi connectivity index (χ4n) is 4.32. The van der Waals surface area contributed by atoms with Crippen LogP contribution in [0.3, 0.4) is 0 Å². The maximum Gasteiger partial charge on any atom is 3.00 e. The van der Waals surface area contributed by atoms with Gasteiger partial charge in [0.05, 0.1) is 65.4 Å². The molecule has 0 radical (unpaired) electrons. The normalized spacial score (nSPS) is 8.26. The number of amides is 6. The third-order valence-corrected chi connectivity index (χ3v) is 9.15. The third-order valence-electron chi connectivity index (χ3n) is 9.15. The van der Waals surface area contributed by atoms with Crippen molar-refractivity contribution in [3.05, 3.63) is 240 Å². The molecule has 0 aromatic heterocycles. The van der Waals surface area contributed by atoms with Gasteiger partial charge in [0.2, 0.25) is 38.5 Å². The van der Waals surface area contributed by atoms with Crippen molar-refractivity contribution in [1.82, 2.24) is 29.4 Å². The Morgan fingerprint density at radius 1 is 0.226 bits per heavy atom. The minimum atomic E-state index is -1.34. The summed E-state index contributed by atoms with van der Waals surface area (Å²) in [4.78, 5) is 184. The molecule has 0 saturated heterocycles. The van der Waals surface area contributed by atoms with Crippen LogP contribution in [-0.4, -0.2) is 218 Å². The van der Waals surface area contributed by atoms with Crippen LogP contribution < -0.4 is 30.6 Å². The van der Waals surface area contributed by atoms with Crippen LogP contribution in [0.2, 0.25) is 0 Å². The smallest absolute Gasteiger partial charge is 0.545 e. The van der Waals surface area contributed by atoms with Crippen LogP contribution in [0.25, 0.3) is 0 Å². The maximum atomic E-state index is 10.2. The summed E-state index contributed by atoms with van der Waals surface area (Å²) in [7, 11) is 20.2. The van der Waals surface area contributed by atoms with E-state index in [2.05, 4.69) is 0 Å². The molecule has 0 saturated carbocycles. The van der Waals surface area contributed by atoms with Gasteiger partial charge in [0, 0.05) is 157 Å². The van der Waals surface area contributed by atoms with E-state index >= 15 is 0 Å². The second-order valence-corrected chi connectivity index (χ2v) is 19.0. The molecule has 6 rings (SSSR count). The molecule has 6 aromatic carbocycles. The Balaban J connectivity index is -0.000000120. The molecule has 6 aromatic rings. The van der Waals surface area contributed by atoms with Crippen molar-refractivity contribution in [3.63, 3.8) is 0 Å². The molecule has 0 heterocycles. The van der Waals surface area contributed by atoms with E-state index in [0.29, 0.717) is 0 Å². The number of hydrogen-bond acceptors (Lipinski definition) is 30. The summed E-state index contributed by atoms with van der Waals surface area (Å²) in [5.74, 6) is -8.06. The summed E-state index contributed by atoms with van der Waals surface area (Å²) < 4.78 is 0. The first-order chi connectivity index (χ1) is 47.3. The molecule has 0 spiro atoms. The number of carboxylic acid groups (broad SMARTS) is 6. The molecule has 0 aliphatic rings. The Morgan fingerprint density at radius 2 is 0.292 bits per heavy atom. The first-order valence-corrected chi connectivity index (χ1v) is 26.7. The van der Waals surface area contributed by atoms with Gasteiger partial charge in [-0.1, -0.05) is 0 Å². The predicted molar refractivity (Wildman–Crippen MR) is 353 cm³/mol. The number of nitro groups is 6. The van der Waals surface area contributed by atoms with Gasteiger partial charge in [-0.15, -0.1) is 0 Å². The van der Waals surface area contributed by atoms with Crippen LogP contribution in [0.4, 0.5) is 34.1 Å². The zero-order valence-electron chi connectivity index (χ0n) is 57.8. The maximum absolute atomic E-state index is 10.2. The SMILES string of the molecule is CN(C)C=O.CN(C)C=O.CN(C)C=O.CN(C)C=O.CN(C)C=O.CN(C)C=O.O=C([O-])c1ccc([N+](=O)[O-])cc1.O=C([O-])c1ccc([N+](=O)[O-])cc1.O=C([O-])c1ccc([N+](=O)[O-])cc1.O=C([O-])c1ccc([N+](=O)[O-])cc1.O=C([O-])c1ccc([N+](=O)[O-])cc1.O=C([O-])c1ccc([N+](=O)[O-])cc1.[OH3+].[OH3+].[Tb+3].[Tb+3]. The van der Waals surface area contributed by atoms with Gasteiger partial charge in [-0.05, 0) is 106 Å². The molecule has 0 fully saturated rings. The first-order valence-electron chi connectivity index (χ1n) is 26.7. The summed E-state index contributed by atoms with van der Waals surface area (Å²) >= 11 is 0. The Bertz CT molecular complexity index is 2830. The van der Waals surface area contributed by atoms with E-state index in [4.69, 9.17) is 0 Å². The van der Waals surface area contributed by atoms with Crippen LogP contribution in [0, 0.1) is 138 Å². The average Bonchev–Trinajstić information content (AvgIpc) is 0.933. The molecule has 0 bridgehead atoms. The molecule has 44 nitrogen and oxygen atoms in total. The number of benzene rings is 6. The van der Waals surface area contributed by atoms with Gasteiger partial charge < -0.3 is 99.8 Å². The Kier molecular flexibility index (Phi) is 73.1. The zero-order chi connectivity index (χ0) is 80.5. The number of hydrogen-bond donors (Lipinski definition) is 0. The van der Waals surface area contributed by atoms with E-state index in [1.165, 1.54) is 29.4 Å². The number of rotatable bonds is 18. The predicted octanol–water partition coefficient (Wildman–Crippen LogP) is -3.87. The summed E-state index contributed by atoms with van der Waals surface area (Å²) in [5.41, 5.74) is -1.25. The fraction of sp³-hybridized carbons (Fsp3) is 0.200. The number of nitrogens with zero attached hydrogens (tertiary/aromatic N) is 12. The number of carboxylic acids is 6. The van der Waals surface area contributed by atoms with Crippen molar-refractivity contribution in [1.29, 1.82) is 0 Å². The quantitative estimate of drug-likeness (QED) is 0.0344. The molecule has 0 atom stereocenters. The topological polar surface area (TPSA) is 687 Å². The van der Waals surface area contributed by atoms with Crippen molar-refractivity contribution >= 4 is 108 Å². The summed E-state index contributed by atoms with van der Waals surface area (Å²) in [5, 5.41) is 122. The van der Waals surface area contributed by atoms with Gasteiger partial charge in [0.1, 0.15) is 0 Å². The van der Waals surface area contributed by atoms with Crippen molar-refractivity contribution in [2.45, 2.75) is 0 Å². The molecule has 6 amide bonds. The van der Waals surface area contributed by atoms with Gasteiger partial charge in [-0.25, -0.2) is 0 Å². The molecule has 0 aliphatic carbocycles. The van der Waals surface area contributed by atoms with Gasteiger partial charge >= 0.3 is 77.2 Å². The van der Waals surface area contributed by atoms with E-state index in [1.807, 2.05) is 0 Å². The molecule has 0 aliphatic heterocycles. The summed E-state index contributed by atoms with van der Waals surface area (Å²) in [6.07, 6.45) is 4.50. The van der Waals surface area contributed by atoms with Crippen LogP contribution in [-0.2, 0) is 39.7 Å². The van der Waals surface area contributed by atoms with Crippen LogP contribution in [0.15, 0.2) is 146 Å². The van der Waals surface area contributed by atoms with Crippen LogP contribution in [0.1, 0.15) is 62.1 Å². The van der Waals surface area contributed by atoms with Crippen molar-refractivity contribution in [2.24, 2.45) is 0 Å². The minimum Gasteiger partial charge on any atom is -0.545 e. The van der Waals surface area contributed by atoms with Crippen LogP contribution >= 0.6 is 0 Å². The molecule has 6 N–H and O–H groups in total. The number of nitro benzene ring substituents is 6. The van der Waals surface area contributed by atoms with Gasteiger partial charge in [0.25, 0.3) is 34.1 Å². The molecule has 580 valence electrons. The number of carbonyl (C=O) groups is 12. The first kappa shape index (κ1) is 115. The largest absolute Gasteiger partial charge is 3.00 e. The minimum absolute atomic E-state index is 0. The number of non-ortho nitro benzene ring substituents is 6. The molecule has 106 heavy (non-hydrogen) atoms. The van der Waals surface area contributed by atoms with Crippen molar-refractivity contribution < 1.29 is 206 Å². The van der Waals surface area contributed by atoms with Crippen LogP contribution in [0.5, 0.6) is 0 Å². The Labute approximate surface area is 663 Å². The van der Waals surface area contributed by atoms with E-state index in [1.54, 1.807) is 84.6 Å². The molecule has 46 heteroatoms. The standard InChI is InChI=1S/6C7H5NO4.6C3H7NO.2H2O.2Tb/c6*9-7(10)5-1-3-6(4-2-5)8(11)12;6*1-4(2)3-5;;;;/h6*1-4H,(H,9,10);6*3H,1-2H3;2*1H2;;/q;;;;;;;;;;;;;;2*+3/p-4. The second-order valence-electron chi connectivity index (χ2n) is 19.0. The average molecular weight is 1790 g/mol. The second kappa shape index (κ2) is 67.3. The summed E-state index contributed by atoms with van der Waals surface area (Å²) in [6.45, 7) is 0. The van der Waals surface area contributed by atoms with E-state index in [-0.39, 0.29) is 156 Å². The van der Waals surface area contributed by atoms with E-state index in [9.17, 15) is 149 Å². The zero-order valence-corrected chi connectivity index (χ0v) is 62.0. The molecular weight excluding hydrogens is 1720 g/mol. The van der Waals surface area contributed by atoms with Crippen molar-refractivity contribution in [3.8, 4) is 0 Å². The van der Waals surface area contributed by atoms with Crippen molar-refractivity contribution in [2.75, 3.05) is 84.6 Å². The third kappa shape index (κ3) is 65.2. The number of carbonyl (C=O) groups excluding carboxylic acids is 12. The fourth-order valence-corrected chi connectivity index (χ4v) is 4.32. The van der Waals surface area contributed by atoms with E-state index in [0.717, 1.165) is 184 Å². The molecular formula is C60H72N12O32Tb2+2. The summed E-state index contributed by atoms with van der Waals surface area (Å²) in [6, 6.07) is 27.0. The van der Waals surface area contributed by atoms with Gasteiger partial charge in [-0.3, -0.25) is 89.5 Å². The Morgan fingerprint density at radius 3 is 0.330 bits per heavy atom. The Hall–Kier alpha value is -12.1.